The van der Waals surface area contributed by atoms with Crippen LogP contribution in [0.1, 0.15) is 23.2 Å². The summed E-state index contributed by atoms with van der Waals surface area (Å²) < 4.78 is 34.0. The van der Waals surface area contributed by atoms with E-state index in [0.29, 0.717) is 29.9 Å². The van der Waals surface area contributed by atoms with E-state index in [1.54, 1.807) is 18.3 Å². The molecular formula is C23H21F2N3O2. The SMILES string of the molecule is COc1cc(C=C2CCN(Cc3ccc(F)c(F)c3)C2=O)ccc1-n1cnc(C)c1. The lowest BCUT2D eigenvalue weighted by Crippen LogP contribution is -2.24. The molecule has 3 aromatic rings. The van der Waals surface area contributed by atoms with Crippen molar-refractivity contribution in [3.8, 4) is 11.4 Å². The average molecular weight is 409 g/mol. The van der Waals surface area contributed by atoms with Crippen LogP contribution in [0.25, 0.3) is 11.8 Å². The number of aromatic nitrogens is 2. The number of carbonyl (C=O) groups excluding carboxylic acids is 1. The third kappa shape index (κ3) is 3.96. The fraction of sp³-hybridized carbons (Fsp3) is 0.217. The van der Waals surface area contributed by atoms with E-state index < -0.39 is 11.6 Å². The molecule has 1 aliphatic heterocycles. The molecule has 0 bridgehead atoms. The maximum atomic E-state index is 13.4. The summed E-state index contributed by atoms with van der Waals surface area (Å²) in [5.74, 6) is -1.23. The van der Waals surface area contributed by atoms with Gasteiger partial charge in [0.25, 0.3) is 0 Å². The minimum atomic E-state index is -0.907. The van der Waals surface area contributed by atoms with Gasteiger partial charge in [0.1, 0.15) is 5.75 Å². The van der Waals surface area contributed by atoms with Gasteiger partial charge in [0.15, 0.2) is 11.6 Å². The van der Waals surface area contributed by atoms with E-state index in [4.69, 9.17) is 4.74 Å². The Morgan fingerprint density at radius 1 is 1.17 bits per heavy atom. The van der Waals surface area contributed by atoms with Crippen molar-refractivity contribution in [3.05, 3.63) is 83.0 Å². The summed E-state index contributed by atoms with van der Waals surface area (Å²) in [5.41, 5.74) is 3.85. The smallest absolute Gasteiger partial charge is 0.250 e. The molecule has 154 valence electrons. The van der Waals surface area contributed by atoms with Crippen molar-refractivity contribution < 1.29 is 18.3 Å². The Hall–Kier alpha value is -3.48. The van der Waals surface area contributed by atoms with Crippen molar-refractivity contribution in [2.45, 2.75) is 19.9 Å². The lowest BCUT2D eigenvalue weighted by molar-refractivity contribution is -0.125. The largest absolute Gasteiger partial charge is 0.495 e. The van der Waals surface area contributed by atoms with Gasteiger partial charge in [0.2, 0.25) is 5.91 Å². The second-order valence-electron chi connectivity index (χ2n) is 7.25. The number of hydrogen-bond acceptors (Lipinski definition) is 3. The lowest BCUT2D eigenvalue weighted by Gasteiger charge is -2.15. The molecule has 30 heavy (non-hydrogen) atoms. The molecule has 1 fully saturated rings. The molecule has 0 atom stereocenters. The van der Waals surface area contributed by atoms with Gasteiger partial charge in [0, 0.05) is 24.9 Å². The van der Waals surface area contributed by atoms with Crippen LogP contribution in [0.2, 0.25) is 0 Å². The number of ether oxygens (including phenoxy) is 1. The highest BCUT2D eigenvalue weighted by Crippen LogP contribution is 2.28. The quantitative estimate of drug-likeness (QED) is 0.591. The van der Waals surface area contributed by atoms with Gasteiger partial charge in [-0.3, -0.25) is 4.79 Å². The van der Waals surface area contributed by atoms with Gasteiger partial charge in [-0.05, 0) is 54.8 Å². The van der Waals surface area contributed by atoms with Crippen LogP contribution in [-0.2, 0) is 11.3 Å². The Labute approximate surface area is 173 Å². The number of rotatable bonds is 5. The van der Waals surface area contributed by atoms with Gasteiger partial charge in [0.05, 0.1) is 24.8 Å². The first-order chi connectivity index (χ1) is 14.4. The van der Waals surface area contributed by atoms with Gasteiger partial charge in [-0.15, -0.1) is 0 Å². The number of methoxy groups -OCH3 is 1. The van der Waals surface area contributed by atoms with Gasteiger partial charge in [-0.2, -0.15) is 0 Å². The fourth-order valence-corrected chi connectivity index (χ4v) is 3.56. The average Bonchev–Trinajstić information content (AvgIpc) is 3.31. The molecule has 2 aromatic carbocycles. The van der Waals surface area contributed by atoms with Crippen molar-refractivity contribution >= 4 is 12.0 Å². The van der Waals surface area contributed by atoms with Crippen LogP contribution < -0.4 is 4.74 Å². The summed E-state index contributed by atoms with van der Waals surface area (Å²) in [4.78, 5) is 18.6. The molecule has 0 spiro atoms. The molecule has 0 unspecified atom stereocenters. The summed E-state index contributed by atoms with van der Waals surface area (Å²) in [6, 6.07) is 9.43. The zero-order chi connectivity index (χ0) is 21.3. The molecule has 2 heterocycles. The van der Waals surface area contributed by atoms with E-state index in [1.807, 2.05) is 42.0 Å². The van der Waals surface area contributed by atoms with E-state index in [1.165, 1.54) is 6.07 Å². The second kappa shape index (κ2) is 8.10. The molecule has 7 heteroatoms. The van der Waals surface area contributed by atoms with Crippen LogP contribution in [-0.4, -0.2) is 34.0 Å². The van der Waals surface area contributed by atoms with Crippen molar-refractivity contribution in [2.75, 3.05) is 13.7 Å². The van der Waals surface area contributed by atoms with Crippen LogP contribution >= 0.6 is 0 Å². The number of nitrogens with zero attached hydrogens (tertiary/aromatic N) is 3. The number of aryl methyl sites for hydroxylation is 1. The molecule has 0 saturated carbocycles. The number of benzene rings is 2. The Morgan fingerprint density at radius 3 is 2.70 bits per heavy atom. The monoisotopic (exact) mass is 409 g/mol. The van der Waals surface area contributed by atoms with E-state index >= 15 is 0 Å². The first-order valence-corrected chi connectivity index (χ1v) is 9.57. The molecule has 4 rings (SSSR count). The third-order valence-corrected chi connectivity index (χ3v) is 5.10. The zero-order valence-corrected chi connectivity index (χ0v) is 16.7. The first kappa shape index (κ1) is 19.8. The minimum absolute atomic E-state index is 0.104. The predicted molar refractivity (Wildman–Crippen MR) is 109 cm³/mol. The Kier molecular flexibility index (Phi) is 5.35. The van der Waals surface area contributed by atoms with Crippen molar-refractivity contribution in [3.63, 3.8) is 0 Å². The summed E-state index contributed by atoms with van der Waals surface area (Å²) in [7, 11) is 1.60. The fourth-order valence-electron chi connectivity index (χ4n) is 3.56. The molecule has 1 amide bonds. The summed E-state index contributed by atoms with van der Waals surface area (Å²) in [5, 5.41) is 0. The van der Waals surface area contributed by atoms with Crippen molar-refractivity contribution in [1.82, 2.24) is 14.5 Å². The molecule has 0 N–H and O–H groups in total. The molecule has 1 saturated heterocycles. The number of carbonyl (C=O) groups is 1. The highest BCUT2D eigenvalue weighted by Gasteiger charge is 2.26. The second-order valence-corrected chi connectivity index (χ2v) is 7.25. The summed E-state index contributed by atoms with van der Waals surface area (Å²) in [6.45, 7) is 2.70. The Morgan fingerprint density at radius 2 is 2.00 bits per heavy atom. The van der Waals surface area contributed by atoms with Gasteiger partial charge >= 0.3 is 0 Å². The zero-order valence-electron chi connectivity index (χ0n) is 16.7. The maximum Gasteiger partial charge on any atom is 0.250 e. The number of hydrogen-bond donors (Lipinski definition) is 0. The predicted octanol–water partition coefficient (Wildman–Crippen LogP) is 4.28. The van der Waals surface area contributed by atoms with E-state index in [0.717, 1.165) is 29.1 Å². The van der Waals surface area contributed by atoms with Crippen LogP contribution in [0.4, 0.5) is 8.78 Å². The standard InChI is InChI=1S/C23H21F2N3O2/c1-15-12-28(14-26-15)21-6-4-16(11-22(21)30-2)9-18-7-8-27(23(18)29)13-17-3-5-19(24)20(25)10-17/h3-6,9-12,14H,7-8,13H2,1-2H3. The number of likely N-dealkylation sites (tertiary alicyclic amines) is 1. The van der Waals surface area contributed by atoms with Gasteiger partial charge in [-0.25, -0.2) is 13.8 Å². The molecule has 5 nitrogen and oxygen atoms in total. The Bertz CT molecular complexity index is 1140. The number of halogens is 2. The highest BCUT2D eigenvalue weighted by atomic mass is 19.2. The Balaban J connectivity index is 1.53. The van der Waals surface area contributed by atoms with Crippen LogP contribution in [0.15, 0.2) is 54.5 Å². The van der Waals surface area contributed by atoms with Crippen molar-refractivity contribution in [2.24, 2.45) is 0 Å². The normalized spacial score (nSPS) is 15.3. The maximum absolute atomic E-state index is 13.4. The molecule has 0 aliphatic carbocycles. The first-order valence-electron chi connectivity index (χ1n) is 9.57. The molecule has 0 radical (unpaired) electrons. The van der Waals surface area contributed by atoms with Crippen molar-refractivity contribution in [1.29, 1.82) is 0 Å². The van der Waals surface area contributed by atoms with Crippen LogP contribution in [0.5, 0.6) is 5.75 Å². The highest BCUT2D eigenvalue weighted by molar-refractivity contribution is 5.99. The van der Waals surface area contributed by atoms with Gasteiger partial charge < -0.3 is 14.2 Å². The van der Waals surface area contributed by atoms with E-state index in [-0.39, 0.29) is 12.5 Å². The summed E-state index contributed by atoms with van der Waals surface area (Å²) >= 11 is 0. The van der Waals surface area contributed by atoms with E-state index in [9.17, 15) is 13.6 Å². The minimum Gasteiger partial charge on any atom is -0.495 e. The third-order valence-electron chi connectivity index (χ3n) is 5.10. The van der Waals surface area contributed by atoms with Gasteiger partial charge in [-0.1, -0.05) is 12.1 Å². The topological polar surface area (TPSA) is 47.4 Å². The molecular weight excluding hydrogens is 388 g/mol. The number of imidazole rings is 1. The lowest BCUT2D eigenvalue weighted by atomic mass is 10.1. The number of amides is 1. The van der Waals surface area contributed by atoms with Crippen LogP contribution in [0.3, 0.4) is 0 Å². The van der Waals surface area contributed by atoms with E-state index in [2.05, 4.69) is 4.98 Å². The summed E-state index contributed by atoms with van der Waals surface area (Å²) in [6.07, 6.45) is 6.07. The van der Waals surface area contributed by atoms with Crippen LogP contribution in [0, 0.1) is 18.6 Å². The molecule has 1 aliphatic rings. The molecule has 1 aromatic heterocycles.